The fraction of sp³-hybridized carbons (Fsp3) is 0.176. The first-order chi connectivity index (χ1) is 11.6. The minimum atomic E-state index is -0.255. The molecule has 0 fully saturated rings. The van der Waals surface area contributed by atoms with Gasteiger partial charge in [-0.3, -0.25) is 14.2 Å². The Morgan fingerprint density at radius 1 is 1.38 bits per heavy atom. The zero-order chi connectivity index (χ0) is 16.9. The first-order valence-corrected chi connectivity index (χ1v) is 7.52. The van der Waals surface area contributed by atoms with Gasteiger partial charge in [0.1, 0.15) is 0 Å². The molecule has 0 radical (unpaired) electrons. The number of carbonyl (C=O) groups excluding carboxylic acids is 1. The molecule has 7 nitrogen and oxygen atoms in total. The number of nitrogens with one attached hydrogen (secondary N) is 1. The van der Waals surface area contributed by atoms with E-state index < -0.39 is 0 Å². The van der Waals surface area contributed by atoms with Crippen LogP contribution in [0.25, 0.3) is 0 Å². The zero-order valence-corrected chi connectivity index (χ0v) is 13.5. The molecule has 7 heteroatoms. The second-order valence-electron chi connectivity index (χ2n) is 5.45. The lowest BCUT2D eigenvalue weighted by Crippen LogP contribution is -2.18. The Bertz CT molecular complexity index is 863. The second kappa shape index (κ2) is 6.91. The van der Waals surface area contributed by atoms with Crippen molar-refractivity contribution in [1.82, 2.24) is 25.0 Å². The van der Waals surface area contributed by atoms with Gasteiger partial charge in [0.15, 0.2) is 0 Å². The maximum atomic E-state index is 12.2. The highest BCUT2D eigenvalue weighted by molar-refractivity contribution is 5.95. The molecule has 0 unspecified atom stereocenters. The van der Waals surface area contributed by atoms with Crippen LogP contribution >= 0.6 is 0 Å². The minimum absolute atomic E-state index is 0.255. The number of hydrogen-bond donors (Lipinski definition) is 1. The average molecular weight is 322 g/mol. The summed E-state index contributed by atoms with van der Waals surface area (Å²) >= 11 is 0. The maximum Gasteiger partial charge on any atom is 0.271 e. The first kappa shape index (κ1) is 15.7. The van der Waals surface area contributed by atoms with Gasteiger partial charge in [0.05, 0.1) is 18.5 Å². The summed E-state index contributed by atoms with van der Waals surface area (Å²) < 4.78 is 3.51. The van der Waals surface area contributed by atoms with Gasteiger partial charge in [0.25, 0.3) is 5.91 Å². The topological polar surface area (TPSA) is 77.1 Å². The molecule has 24 heavy (non-hydrogen) atoms. The summed E-state index contributed by atoms with van der Waals surface area (Å²) in [5.74, 6) is -0.255. The van der Waals surface area contributed by atoms with Crippen molar-refractivity contribution in [2.75, 3.05) is 0 Å². The fourth-order valence-electron chi connectivity index (χ4n) is 2.36. The van der Waals surface area contributed by atoms with E-state index in [2.05, 4.69) is 20.7 Å². The van der Waals surface area contributed by atoms with E-state index in [9.17, 15) is 4.79 Å². The monoisotopic (exact) mass is 322 g/mol. The van der Waals surface area contributed by atoms with Crippen LogP contribution in [0.4, 0.5) is 0 Å². The number of amides is 1. The second-order valence-corrected chi connectivity index (χ2v) is 5.45. The van der Waals surface area contributed by atoms with E-state index in [1.807, 2.05) is 50.6 Å². The van der Waals surface area contributed by atoms with Gasteiger partial charge in [0, 0.05) is 36.8 Å². The number of carbonyl (C=O) groups is 1. The van der Waals surface area contributed by atoms with Gasteiger partial charge in [-0.2, -0.15) is 15.3 Å². The van der Waals surface area contributed by atoms with Crippen LogP contribution in [-0.4, -0.2) is 31.7 Å². The van der Waals surface area contributed by atoms with Crippen LogP contribution in [0.5, 0.6) is 0 Å². The van der Waals surface area contributed by atoms with Gasteiger partial charge in [-0.15, -0.1) is 0 Å². The molecule has 3 rings (SSSR count). The number of hydrazone groups is 1. The van der Waals surface area contributed by atoms with Gasteiger partial charge in [-0.1, -0.05) is 12.1 Å². The molecule has 3 aromatic rings. The molecule has 0 saturated heterocycles. The molecule has 0 spiro atoms. The summed E-state index contributed by atoms with van der Waals surface area (Å²) in [6.45, 7) is 2.51. The van der Waals surface area contributed by atoms with E-state index in [0.29, 0.717) is 12.1 Å². The summed E-state index contributed by atoms with van der Waals surface area (Å²) in [5, 5.41) is 12.4. The SMILES string of the molecule is Cc1nn(C)cc1/C=N/NC(=O)c1cccc(Cn2cccn2)c1. The van der Waals surface area contributed by atoms with Crippen molar-refractivity contribution in [1.29, 1.82) is 0 Å². The van der Waals surface area contributed by atoms with E-state index >= 15 is 0 Å². The number of nitrogens with zero attached hydrogens (tertiary/aromatic N) is 5. The normalized spacial score (nSPS) is 11.1. The number of benzene rings is 1. The predicted molar refractivity (Wildman–Crippen MR) is 90.8 cm³/mol. The van der Waals surface area contributed by atoms with E-state index in [4.69, 9.17) is 0 Å². The Labute approximate surface area is 139 Å². The lowest BCUT2D eigenvalue weighted by atomic mass is 10.1. The van der Waals surface area contributed by atoms with E-state index in [1.165, 1.54) is 0 Å². The summed E-state index contributed by atoms with van der Waals surface area (Å²) in [7, 11) is 1.84. The van der Waals surface area contributed by atoms with E-state index in [-0.39, 0.29) is 5.91 Å². The third-order valence-corrected chi connectivity index (χ3v) is 3.51. The number of hydrogen-bond acceptors (Lipinski definition) is 4. The van der Waals surface area contributed by atoms with Crippen molar-refractivity contribution in [3.63, 3.8) is 0 Å². The average Bonchev–Trinajstić information content (AvgIpc) is 3.17. The Morgan fingerprint density at radius 3 is 2.96 bits per heavy atom. The van der Waals surface area contributed by atoms with Crippen LogP contribution in [0.3, 0.4) is 0 Å². The highest BCUT2D eigenvalue weighted by atomic mass is 16.2. The fourth-order valence-corrected chi connectivity index (χ4v) is 2.36. The third-order valence-electron chi connectivity index (χ3n) is 3.51. The van der Waals surface area contributed by atoms with Crippen molar-refractivity contribution in [2.24, 2.45) is 12.1 Å². The molecule has 2 heterocycles. The molecule has 1 aromatic carbocycles. The van der Waals surface area contributed by atoms with Crippen LogP contribution in [0.15, 0.2) is 54.0 Å². The first-order valence-electron chi connectivity index (χ1n) is 7.52. The lowest BCUT2D eigenvalue weighted by Gasteiger charge is -2.05. The predicted octanol–water partition coefficient (Wildman–Crippen LogP) is 1.74. The number of rotatable bonds is 5. The van der Waals surface area contributed by atoms with Gasteiger partial charge in [0.2, 0.25) is 0 Å². The molecule has 0 saturated carbocycles. The molecular formula is C17H18N6O. The molecule has 1 N–H and O–H groups in total. The Hall–Kier alpha value is -3.22. The van der Waals surface area contributed by atoms with Gasteiger partial charge >= 0.3 is 0 Å². The highest BCUT2D eigenvalue weighted by Gasteiger charge is 2.06. The smallest absolute Gasteiger partial charge is 0.271 e. The summed E-state index contributed by atoms with van der Waals surface area (Å²) in [4.78, 5) is 12.2. The van der Waals surface area contributed by atoms with Crippen LogP contribution in [0.2, 0.25) is 0 Å². The summed E-state index contributed by atoms with van der Waals surface area (Å²) in [6, 6.07) is 9.27. The quantitative estimate of drug-likeness (QED) is 0.574. The van der Waals surface area contributed by atoms with Gasteiger partial charge in [-0.25, -0.2) is 5.43 Å². The maximum absolute atomic E-state index is 12.2. The Balaban J connectivity index is 1.65. The standard InChI is InChI=1S/C17H18N6O/c1-13-16(12-22(2)21-13)10-18-20-17(24)15-6-3-5-14(9-15)11-23-8-4-7-19-23/h3-10,12H,11H2,1-2H3,(H,20,24)/b18-10+. The molecular weight excluding hydrogens is 304 g/mol. The molecule has 0 bridgehead atoms. The lowest BCUT2D eigenvalue weighted by molar-refractivity contribution is 0.0955. The molecule has 0 aliphatic carbocycles. The summed E-state index contributed by atoms with van der Waals surface area (Å²) in [5.41, 5.74) is 5.82. The van der Waals surface area contributed by atoms with E-state index in [0.717, 1.165) is 16.8 Å². The summed E-state index contributed by atoms with van der Waals surface area (Å²) in [6.07, 6.45) is 7.04. The Morgan fingerprint density at radius 2 is 2.25 bits per heavy atom. The third kappa shape index (κ3) is 3.75. The van der Waals surface area contributed by atoms with Crippen molar-refractivity contribution >= 4 is 12.1 Å². The molecule has 0 atom stereocenters. The van der Waals surface area contributed by atoms with Gasteiger partial charge < -0.3 is 0 Å². The molecule has 1 amide bonds. The van der Waals surface area contributed by atoms with Crippen LogP contribution < -0.4 is 5.43 Å². The molecule has 0 aliphatic heterocycles. The number of aromatic nitrogens is 4. The Kier molecular flexibility index (Phi) is 4.51. The van der Waals surface area contributed by atoms with Gasteiger partial charge in [-0.05, 0) is 30.7 Å². The van der Waals surface area contributed by atoms with E-state index in [1.54, 1.807) is 27.8 Å². The minimum Gasteiger partial charge on any atom is -0.275 e. The molecule has 0 aliphatic rings. The van der Waals surface area contributed by atoms with Crippen LogP contribution in [-0.2, 0) is 13.6 Å². The molecule has 122 valence electrons. The largest absolute Gasteiger partial charge is 0.275 e. The van der Waals surface area contributed by atoms with Crippen molar-refractivity contribution in [3.8, 4) is 0 Å². The molecule has 2 aromatic heterocycles. The van der Waals surface area contributed by atoms with Crippen LogP contribution in [0.1, 0.15) is 27.2 Å². The highest BCUT2D eigenvalue weighted by Crippen LogP contribution is 2.07. The zero-order valence-electron chi connectivity index (χ0n) is 13.5. The van der Waals surface area contributed by atoms with Crippen molar-refractivity contribution in [2.45, 2.75) is 13.5 Å². The van der Waals surface area contributed by atoms with Crippen LogP contribution in [0, 0.1) is 6.92 Å². The van der Waals surface area contributed by atoms with Crippen molar-refractivity contribution in [3.05, 3.63) is 71.3 Å². The van der Waals surface area contributed by atoms with Crippen molar-refractivity contribution < 1.29 is 4.79 Å². The number of aryl methyl sites for hydroxylation is 2.